The number of hydrogen-bond donors (Lipinski definition) is 3. The average molecular weight is 361 g/mol. The Morgan fingerprint density at radius 1 is 1.35 bits per heavy atom. The third-order valence-corrected chi connectivity index (χ3v) is 5.22. The first-order chi connectivity index (χ1) is 12.7. The Morgan fingerprint density at radius 2 is 2.23 bits per heavy atom. The first kappa shape index (κ1) is 18.9. The van der Waals surface area contributed by atoms with Gasteiger partial charge in [-0.25, -0.2) is 4.98 Å². The standard InChI is InChI=1S/C19H29N5O2/c1-24-8-6-15-16(11-20)18(21-7-4-9-25-2)23-19(17(15)13-24)22-12-14-5-3-10-26-14/h14H,3-10,12-13H2,1-2H3,(H2,21,22,23)/p+2/t14-/m0/s1. The van der Waals surface area contributed by atoms with Crippen molar-refractivity contribution in [2.45, 2.75) is 38.3 Å². The highest BCUT2D eigenvalue weighted by molar-refractivity contribution is 5.60. The number of nitriles is 1. The maximum absolute atomic E-state index is 9.75. The van der Waals surface area contributed by atoms with Crippen molar-refractivity contribution in [1.29, 1.82) is 5.26 Å². The molecule has 2 aliphatic rings. The van der Waals surface area contributed by atoms with Gasteiger partial charge in [-0.1, -0.05) is 0 Å². The third kappa shape index (κ3) is 4.44. The van der Waals surface area contributed by atoms with Gasteiger partial charge in [0.05, 0.1) is 38.3 Å². The molecule has 3 rings (SSSR count). The van der Waals surface area contributed by atoms with Crippen LogP contribution in [0.25, 0.3) is 0 Å². The van der Waals surface area contributed by atoms with Crippen molar-refractivity contribution >= 4 is 11.6 Å². The lowest BCUT2D eigenvalue weighted by Crippen LogP contribution is -3.08. The number of nitrogens with one attached hydrogen (secondary N) is 4. The number of aromatic amines is 1. The van der Waals surface area contributed by atoms with E-state index in [2.05, 4.69) is 28.7 Å². The number of H-pyrrole nitrogens is 1. The van der Waals surface area contributed by atoms with E-state index < -0.39 is 0 Å². The second kappa shape index (κ2) is 9.17. The summed E-state index contributed by atoms with van der Waals surface area (Å²) in [6, 6.07) is 2.42. The minimum atomic E-state index is 0.279. The van der Waals surface area contributed by atoms with Gasteiger partial charge in [0.15, 0.2) is 0 Å². The van der Waals surface area contributed by atoms with E-state index in [4.69, 9.17) is 9.47 Å². The Balaban J connectivity index is 1.83. The number of rotatable bonds is 8. The number of pyridine rings is 1. The van der Waals surface area contributed by atoms with E-state index in [0.29, 0.717) is 6.61 Å². The quantitative estimate of drug-likeness (QED) is 0.567. The molecule has 2 atom stereocenters. The molecule has 142 valence electrons. The van der Waals surface area contributed by atoms with Crippen LogP contribution in [0.1, 0.15) is 36.0 Å². The fourth-order valence-corrected chi connectivity index (χ4v) is 3.77. The van der Waals surface area contributed by atoms with Crippen LogP contribution in [0.4, 0.5) is 11.6 Å². The van der Waals surface area contributed by atoms with Gasteiger partial charge >= 0.3 is 0 Å². The molecule has 1 fully saturated rings. The van der Waals surface area contributed by atoms with E-state index in [1.807, 2.05) is 0 Å². The predicted octanol–water partition coefficient (Wildman–Crippen LogP) is -0.0175. The number of nitrogens with zero attached hydrogens (tertiary/aromatic N) is 1. The molecular weight excluding hydrogens is 330 g/mol. The zero-order valence-corrected chi connectivity index (χ0v) is 15.9. The Bertz CT molecular complexity index is 652. The number of hydrogen-bond acceptors (Lipinski definition) is 5. The molecule has 0 amide bonds. The molecule has 0 bridgehead atoms. The highest BCUT2D eigenvalue weighted by Gasteiger charge is 2.29. The molecule has 1 saturated heterocycles. The molecular formula is C19H31N5O2+2. The fourth-order valence-electron chi connectivity index (χ4n) is 3.77. The summed E-state index contributed by atoms with van der Waals surface area (Å²) in [5, 5.41) is 16.7. The van der Waals surface area contributed by atoms with Crippen LogP contribution in [-0.4, -0.2) is 53.1 Å². The van der Waals surface area contributed by atoms with Crippen molar-refractivity contribution < 1.29 is 19.4 Å². The Kier molecular flexibility index (Phi) is 6.67. The number of quaternary nitrogens is 1. The highest BCUT2D eigenvalue weighted by atomic mass is 16.5. The molecule has 3 heterocycles. The van der Waals surface area contributed by atoms with Gasteiger partial charge in [-0.2, -0.15) is 5.26 Å². The second-order valence-electron chi connectivity index (χ2n) is 7.24. The van der Waals surface area contributed by atoms with Crippen molar-refractivity contribution in [2.75, 3.05) is 57.6 Å². The van der Waals surface area contributed by atoms with E-state index in [0.717, 1.165) is 75.7 Å². The average Bonchev–Trinajstić information content (AvgIpc) is 3.17. The summed E-state index contributed by atoms with van der Waals surface area (Å²) in [5.74, 6) is 1.85. The summed E-state index contributed by atoms with van der Waals surface area (Å²) in [4.78, 5) is 4.93. The first-order valence-corrected chi connectivity index (χ1v) is 9.63. The topological polar surface area (TPSA) is 84.9 Å². The van der Waals surface area contributed by atoms with E-state index in [1.165, 1.54) is 16.0 Å². The Morgan fingerprint density at radius 3 is 2.96 bits per heavy atom. The van der Waals surface area contributed by atoms with Gasteiger partial charge in [-0.15, -0.1) is 0 Å². The molecule has 0 aromatic carbocycles. The smallest absolute Gasteiger partial charge is 0.237 e. The zero-order chi connectivity index (χ0) is 18.4. The van der Waals surface area contributed by atoms with Crippen LogP contribution in [0.2, 0.25) is 0 Å². The van der Waals surface area contributed by atoms with Crippen molar-refractivity contribution in [3.05, 3.63) is 16.7 Å². The molecule has 4 N–H and O–H groups in total. The summed E-state index contributed by atoms with van der Waals surface area (Å²) in [7, 11) is 3.91. The highest BCUT2D eigenvalue weighted by Crippen LogP contribution is 2.26. The Hall–Kier alpha value is -1.88. The van der Waals surface area contributed by atoms with Crippen LogP contribution in [0.3, 0.4) is 0 Å². The number of likely N-dealkylation sites (N-methyl/N-ethyl adjacent to an activating group) is 1. The van der Waals surface area contributed by atoms with Gasteiger partial charge in [0.1, 0.15) is 18.2 Å². The molecule has 7 heteroatoms. The van der Waals surface area contributed by atoms with Gasteiger partial charge in [0, 0.05) is 33.2 Å². The monoisotopic (exact) mass is 361 g/mol. The maximum atomic E-state index is 9.75. The first-order valence-electron chi connectivity index (χ1n) is 9.63. The van der Waals surface area contributed by atoms with E-state index >= 15 is 0 Å². The molecule has 0 aliphatic carbocycles. The summed E-state index contributed by atoms with van der Waals surface area (Å²) in [5.41, 5.74) is 3.18. The van der Waals surface area contributed by atoms with E-state index in [9.17, 15) is 5.26 Å². The fraction of sp³-hybridized carbons (Fsp3) is 0.684. The van der Waals surface area contributed by atoms with Crippen LogP contribution >= 0.6 is 0 Å². The summed E-state index contributed by atoms with van der Waals surface area (Å²) < 4.78 is 10.9. The third-order valence-electron chi connectivity index (χ3n) is 5.22. The molecule has 2 aliphatic heterocycles. The predicted molar refractivity (Wildman–Crippen MR) is 99.3 cm³/mol. The molecule has 1 aromatic heterocycles. The summed E-state index contributed by atoms with van der Waals surface area (Å²) in [6.07, 6.45) is 4.36. The summed E-state index contributed by atoms with van der Waals surface area (Å²) in [6.45, 7) is 5.13. The maximum Gasteiger partial charge on any atom is 0.237 e. The number of ether oxygens (including phenoxy) is 2. The van der Waals surface area contributed by atoms with Crippen LogP contribution in [0.15, 0.2) is 0 Å². The van der Waals surface area contributed by atoms with Crippen molar-refractivity contribution in [2.24, 2.45) is 0 Å². The largest absolute Gasteiger partial charge is 0.385 e. The van der Waals surface area contributed by atoms with Gasteiger partial charge in [-0.05, 0) is 18.4 Å². The molecule has 1 unspecified atom stereocenters. The second-order valence-corrected chi connectivity index (χ2v) is 7.24. The SMILES string of the molecule is COCCCNc1[nH+]c(NC[C@@H]2CCCO2)c2c(c1C#N)CC[NH+](C)C2. The van der Waals surface area contributed by atoms with Crippen LogP contribution in [0.5, 0.6) is 0 Å². The number of methoxy groups -OCH3 is 1. The number of fused-ring (bicyclic) bond motifs is 1. The van der Waals surface area contributed by atoms with Crippen molar-refractivity contribution in [1.82, 2.24) is 0 Å². The van der Waals surface area contributed by atoms with Gasteiger partial charge < -0.3 is 25.0 Å². The van der Waals surface area contributed by atoms with Gasteiger partial charge in [0.2, 0.25) is 11.6 Å². The minimum Gasteiger partial charge on any atom is -0.385 e. The zero-order valence-electron chi connectivity index (χ0n) is 15.9. The molecule has 26 heavy (non-hydrogen) atoms. The molecule has 7 nitrogen and oxygen atoms in total. The van der Waals surface area contributed by atoms with Crippen molar-refractivity contribution in [3.8, 4) is 6.07 Å². The lowest BCUT2D eigenvalue weighted by atomic mass is 9.96. The van der Waals surface area contributed by atoms with Gasteiger partial charge in [-0.3, -0.25) is 0 Å². The molecule has 0 radical (unpaired) electrons. The van der Waals surface area contributed by atoms with Crippen molar-refractivity contribution in [3.63, 3.8) is 0 Å². The molecule has 0 spiro atoms. The van der Waals surface area contributed by atoms with Crippen LogP contribution in [-0.2, 0) is 22.4 Å². The van der Waals surface area contributed by atoms with Crippen LogP contribution in [0, 0.1) is 11.3 Å². The molecule has 0 saturated carbocycles. The lowest BCUT2D eigenvalue weighted by Gasteiger charge is -2.24. The van der Waals surface area contributed by atoms with E-state index in [-0.39, 0.29) is 6.10 Å². The van der Waals surface area contributed by atoms with Crippen LogP contribution < -0.4 is 20.5 Å². The number of anilines is 2. The Labute approximate surface area is 155 Å². The minimum absolute atomic E-state index is 0.279. The van der Waals surface area contributed by atoms with Gasteiger partial charge in [0.25, 0.3) is 0 Å². The summed E-state index contributed by atoms with van der Waals surface area (Å²) >= 11 is 0. The molecule has 1 aromatic rings. The normalized spacial score (nSPS) is 21.9. The number of aromatic nitrogens is 1. The van der Waals surface area contributed by atoms with E-state index in [1.54, 1.807) is 7.11 Å². The lowest BCUT2D eigenvalue weighted by molar-refractivity contribution is -0.895.